The highest BCUT2D eigenvalue weighted by molar-refractivity contribution is 6.00. The maximum absolute atomic E-state index is 14.7. The van der Waals surface area contributed by atoms with Gasteiger partial charge in [-0.3, -0.25) is 4.79 Å². The van der Waals surface area contributed by atoms with Crippen LogP contribution in [0.15, 0.2) is 23.5 Å². The van der Waals surface area contributed by atoms with E-state index in [1.54, 1.807) is 27.7 Å². The van der Waals surface area contributed by atoms with E-state index < -0.39 is 132 Å². The molecule has 2 saturated carbocycles. The normalized spacial score (nSPS) is 49.1. The molecular formula is C32H42O16. The van der Waals surface area contributed by atoms with Gasteiger partial charge < -0.3 is 59.1 Å². The molecule has 48 heavy (non-hydrogen) atoms. The molecule has 0 aromatic carbocycles. The Morgan fingerprint density at radius 3 is 2.35 bits per heavy atom. The standard InChI is InChI=1S/C32H42O16/c1-11(2)6-17(34)48-22-24-31-10-44-32(24,29(42)43-5)26(40)21(38)23(31)30(4)13(8-16(31)47-27(22)41)12(3)7-14(25(30)39)45-28-20(37)19(36)18(35)15(9-33)46-28/h6-7,12-13,15-16,18-24,26,28,33,35-38,40H,8-10H2,1-5H3/t12-,13+,15+,16-,18+,19-,20+,21-,22-,23-,24-,26+,28+,30+,31-,32+/m1/s1. The number of hydrogen-bond acceptors (Lipinski definition) is 16. The molecule has 0 amide bonds. The molecule has 2 bridgehead atoms. The Morgan fingerprint density at radius 1 is 1.04 bits per heavy atom. The van der Waals surface area contributed by atoms with Gasteiger partial charge in [-0.05, 0) is 38.2 Å². The summed E-state index contributed by atoms with van der Waals surface area (Å²) in [5.74, 6) is -7.95. The smallest absolute Gasteiger partial charge is 0.348 e. The molecule has 5 fully saturated rings. The number of methoxy groups -OCH3 is 1. The fourth-order valence-corrected chi connectivity index (χ4v) is 9.60. The van der Waals surface area contributed by atoms with E-state index in [9.17, 15) is 49.8 Å². The number of rotatable bonds is 6. The van der Waals surface area contributed by atoms with Crippen LogP contribution in [0, 0.1) is 34.5 Å². The van der Waals surface area contributed by atoms with Crippen molar-refractivity contribution in [2.24, 2.45) is 34.5 Å². The Morgan fingerprint density at radius 2 is 1.73 bits per heavy atom. The molecule has 3 heterocycles. The van der Waals surface area contributed by atoms with Gasteiger partial charge in [0.05, 0.1) is 32.3 Å². The average molecular weight is 683 g/mol. The molecule has 266 valence electrons. The highest BCUT2D eigenvalue weighted by Gasteiger charge is 2.86. The third-order valence-corrected chi connectivity index (χ3v) is 11.6. The lowest BCUT2D eigenvalue weighted by atomic mass is 9.37. The molecule has 16 atom stereocenters. The monoisotopic (exact) mass is 682 g/mol. The van der Waals surface area contributed by atoms with Crippen LogP contribution in [0.1, 0.15) is 34.1 Å². The van der Waals surface area contributed by atoms with Gasteiger partial charge in [-0.1, -0.05) is 19.4 Å². The van der Waals surface area contributed by atoms with Crippen LogP contribution in [0.4, 0.5) is 0 Å². The molecule has 3 aliphatic carbocycles. The van der Waals surface area contributed by atoms with Crippen LogP contribution in [-0.4, -0.2) is 135 Å². The van der Waals surface area contributed by atoms with Gasteiger partial charge in [-0.2, -0.15) is 0 Å². The van der Waals surface area contributed by atoms with Crippen molar-refractivity contribution in [1.29, 1.82) is 0 Å². The molecule has 6 rings (SSSR count). The molecular weight excluding hydrogens is 640 g/mol. The second kappa shape index (κ2) is 11.8. The number of fused-ring (bicyclic) bond motifs is 2. The van der Waals surface area contributed by atoms with Gasteiger partial charge in [0.15, 0.2) is 5.76 Å². The van der Waals surface area contributed by atoms with Gasteiger partial charge in [0, 0.05) is 22.8 Å². The third-order valence-electron chi connectivity index (χ3n) is 11.6. The summed E-state index contributed by atoms with van der Waals surface area (Å²) in [4.78, 5) is 54.8. The number of carbonyl (C=O) groups excluding carboxylic acids is 4. The van der Waals surface area contributed by atoms with Crippen LogP contribution in [0.2, 0.25) is 0 Å². The summed E-state index contributed by atoms with van der Waals surface area (Å²) in [6.45, 7) is 5.45. The van der Waals surface area contributed by atoms with Crippen molar-refractivity contribution in [2.75, 3.05) is 20.3 Å². The van der Waals surface area contributed by atoms with Gasteiger partial charge in [0.2, 0.25) is 23.8 Å². The van der Waals surface area contributed by atoms with E-state index in [-0.39, 0.29) is 12.2 Å². The fraction of sp³-hybridized carbons (Fsp3) is 0.750. The topological polar surface area (TPSA) is 245 Å². The summed E-state index contributed by atoms with van der Waals surface area (Å²) >= 11 is 0. The van der Waals surface area contributed by atoms with E-state index in [0.29, 0.717) is 5.57 Å². The molecule has 6 aliphatic rings. The number of hydrogen-bond donors (Lipinski definition) is 6. The first-order valence-electron chi connectivity index (χ1n) is 15.9. The Kier molecular flexibility index (Phi) is 8.60. The SMILES string of the molecule is COC(=O)[C@@]12OC[C@]34[C@H]([C@@H](O)[C@@H]1O)[C@@]1(C)C(=O)C(O[C@H]5O[C@@H](CO)[C@H](O)[C@@H](O)[C@@H]5O)=C[C@@H](C)[C@@H]1C[C@H]3OC(=O)[C@H](OC(=O)C=C(C)C)[C@@H]24. The van der Waals surface area contributed by atoms with Crippen molar-refractivity contribution in [3.8, 4) is 0 Å². The first-order chi connectivity index (χ1) is 22.5. The number of ether oxygens (including phenoxy) is 6. The summed E-state index contributed by atoms with van der Waals surface area (Å²) in [6.07, 6.45) is -12.4. The number of Topliss-reactive ketones (excluding diaryl/α,β-unsaturated/α-hetero) is 1. The van der Waals surface area contributed by atoms with E-state index in [1.165, 1.54) is 6.08 Å². The highest BCUT2D eigenvalue weighted by Crippen LogP contribution is 2.72. The van der Waals surface area contributed by atoms with Crippen LogP contribution < -0.4 is 0 Å². The lowest BCUT2D eigenvalue weighted by molar-refractivity contribution is -0.297. The zero-order valence-corrected chi connectivity index (χ0v) is 27.0. The largest absolute Gasteiger partial charge is 0.467 e. The number of aliphatic hydroxyl groups is 6. The number of esters is 3. The average Bonchev–Trinajstić information content (AvgIpc) is 3.34. The molecule has 1 spiro atoms. The Bertz CT molecular complexity index is 1440. The minimum absolute atomic E-state index is 0.0457. The number of aliphatic hydroxyl groups excluding tert-OH is 6. The molecule has 0 radical (unpaired) electrons. The van der Waals surface area contributed by atoms with Gasteiger partial charge in [-0.25, -0.2) is 14.4 Å². The Labute approximate surface area is 275 Å². The summed E-state index contributed by atoms with van der Waals surface area (Å²) in [7, 11) is 1.04. The molecule has 16 nitrogen and oxygen atoms in total. The predicted molar refractivity (Wildman–Crippen MR) is 155 cm³/mol. The van der Waals surface area contributed by atoms with E-state index in [0.717, 1.165) is 13.2 Å². The minimum atomic E-state index is -2.38. The molecule has 0 aromatic heterocycles. The van der Waals surface area contributed by atoms with Crippen molar-refractivity contribution < 1.29 is 78.2 Å². The van der Waals surface area contributed by atoms with Gasteiger partial charge in [-0.15, -0.1) is 0 Å². The van der Waals surface area contributed by atoms with E-state index in [2.05, 4.69) is 0 Å². The minimum Gasteiger partial charge on any atom is -0.467 e. The highest BCUT2D eigenvalue weighted by atomic mass is 16.7. The van der Waals surface area contributed by atoms with Crippen LogP contribution >= 0.6 is 0 Å². The Hall–Kier alpha value is -2.96. The maximum Gasteiger partial charge on any atom is 0.348 e. The quantitative estimate of drug-likeness (QED) is 0.0974. The first-order valence-corrected chi connectivity index (χ1v) is 15.9. The predicted octanol–water partition coefficient (Wildman–Crippen LogP) is -2.37. The summed E-state index contributed by atoms with van der Waals surface area (Å²) in [5.41, 5.74) is -5.02. The van der Waals surface area contributed by atoms with E-state index in [4.69, 9.17) is 28.4 Å². The molecule has 16 heteroatoms. The van der Waals surface area contributed by atoms with E-state index in [1.807, 2.05) is 0 Å². The van der Waals surface area contributed by atoms with Gasteiger partial charge in [0.25, 0.3) is 0 Å². The molecule has 6 N–H and O–H groups in total. The van der Waals surface area contributed by atoms with Crippen molar-refractivity contribution in [1.82, 2.24) is 0 Å². The third kappa shape index (κ3) is 4.50. The molecule has 0 unspecified atom stereocenters. The lowest BCUT2D eigenvalue weighted by Crippen LogP contribution is -2.80. The van der Waals surface area contributed by atoms with Crippen LogP contribution in [0.25, 0.3) is 0 Å². The fourth-order valence-electron chi connectivity index (χ4n) is 9.60. The lowest BCUT2D eigenvalue weighted by Gasteiger charge is -2.67. The van der Waals surface area contributed by atoms with Crippen molar-refractivity contribution >= 4 is 23.7 Å². The van der Waals surface area contributed by atoms with E-state index >= 15 is 0 Å². The van der Waals surface area contributed by atoms with Gasteiger partial charge in [0.1, 0.15) is 36.6 Å². The van der Waals surface area contributed by atoms with Crippen molar-refractivity contribution in [3.05, 3.63) is 23.5 Å². The second-order valence-electron chi connectivity index (χ2n) is 14.2. The number of ketones is 1. The first kappa shape index (κ1) is 34.9. The zero-order valence-electron chi connectivity index (χ0n) is 27.0. The number of carbonyl (C=O) groups is 4. The van der Waals surface area contributed by atoms with Crippen LogP contribution in [0.3, 0.4) is 0 Å². The maximum atomic E-state index is 14.7. The van der Waals surface area contributed by atoms with Crippen molar-refractivity contribution in [2.45, 2.75) is 94.8 Å². The van der Waals surface area contributed by atoms with Crippen LogP contribution in [-0.2, 0) is 47.6 Å². The Balaban J connectivity index is 1.46. The second-order valence-corrected chi connectivity index (χ2v) is 14.2. The zero-order chi connectivity index (χ0) is 35.2. The summed E-state index contributed by atoms with van der Waals surface area (Å²) in [6, 6.07) is 0. The number of allylic oxidation sites excluding steroid dienone is 3. The summed E-state index contributed by atoms with van der Waals surface area (Å²) in [5, 5.41) is 64.6. The summed E-state index contributed by atoms with van der Waals surface area (Å²) < 4.78 is 34.0. The molecule has 3 aliphatic heterocycles. The molecule has 0 aromatic rings. The van der Waals surface area contributed by atoms with Gasteiger partial charge >= 0.3 is 17.9 Å². The molecule has 3 saturated heterocycles. The van der Waals surface area contributed by atoms with Crippen molar-refractivity contribution in [3.63, 3.8) is 0 Å². The van der Waals surface area contributed by atoms with Crippen LogP contribution in [0.5, 0.6) is 0 Å².